The molecule has 2 rings (SSSR count). The highest BCUT2D eigenvalue weighted by Gasteiger charge is 2.07. The topological polar surface area (TPSA) is 0 Å². The van der Waals surface area contributed by atoms with Crippen LogP contribution in [0.25, 0.3) is 12.2 Å². The van der Waals surface area contributed by atoms with Gasteiger partial charge in [0.25, 0.3) is 0 Å². The maximum atomic E-state index is 3.81. The summed E-state index contributed by atoms with van der Waals surface area (Å²) in [6, 6.07) is 4.20. The lowest BCUT2D eigenvalue weighted by Gasteiger charge is -1.98. The Balaban J connectivity index is 2.29. The van der Waals surface area contributed by atoms with E-state index in [1.165, 1.54) is 19.5 Å². The van der Waals surface area contributed by atoms with Gasteiger partial charge in [0, 0.05) is 0 Å². The Morgan fingerprint density at radius 1 is 0.933 bits per heavy atom. The van der Waals surface area contributed by atoms with Gasteiger partial charge in [-0.2, -0.15) is 0 Å². The minimum atomic E-state index is 1.22. The summed E-state index contributed by atoms with van der Waals surface area (Å²) in [5.74, 6) is 0. The first-order valence-electron chi connectivity index (χ1n) is 4.43. The summed E-state index contributed by atoms with van der Waals surface area (Å²) in [6.45, 7) is 7.62. The lowest BCUT2D eigenvalue weighted by atomic mass is 10.3. The Kier molecular flexibility index (Phi) is 3.46. The fourth-order valence-electron chi connectivity index (χ4n) is 1.16. The van der Waals surface area contributed by atoms with Gasteiger partial charge < -0.3 is 0 Å². The monoisotopic (exact) mass is 250 g/mol. The van der Waals surface area contributed by atoms with Crippen LogP contribution in [0.2, 0.25) is 0 Å². The average Bonchev–Trinajstić information content (AvgIpc) is 2.87. The zero-order valence-electron chi connectivity index (χ0n) is 8.10. The van der Waals surface area contributed by atoms with E-state index in [4.69, 9.17) is 0 Å². The Labute approximate surface area is 102 Å². The molecular formula is C12H10S3. The van der Waals surface area contributed by atoms with Gasteiger partial charge in [-0.25, -0.2) is 0 Å². The van der Waals surface area contributed by atoms with Gasteiger partial charge in [0.1, 0.15) is 0 Å². The average molecular weight is 250 g/mol. The van der Waals surface area contributed by atoms with Gasteiger partial charge in [0.15, 0.2) is 0 Å². The van der Waals surface area contributed by atoms with Crippen molar-refractivity contribution >= 4 is 46.6 Å². The minimum absolute atomic E-state index is 1.22. The lowest BCUT2D eigenvalue weighted by molar-refractivity contribution is 1.60. The Bertz CT molecular complexity index is 432. The molecular weight excluding hydrogens is 240 g/mol. The maximum Gasteiger partial charge on any atom is 0.0726 e. The van der Waals surface area contributed by atoms with Gasteiger partial charge in [-0.3, -0.25) is 0 Å². The zero-order chi connectivity index (χ0) is 10.7. The molecule has 0 N–H and O–H groups in total. The van der Waals surface area contributed by atoms with Crippen molar-refractivity contribution < 1.29 is 0 Å². The van der Waals surface area contributed by atoms with E-state index in [0.29, 0.717) is 0 Å². The fraction of sp³-hybridized carbons (Fsp3) is 0. The third-order valence-corrected chi connectivity index (χ3v) is 5.31. The van der Waals surface area contributed by atoms with Crippen LogP contribution < -0.4 is 0 Å². The summed E-state index contributed by atoms with van der Waals surface area (Å²) in [5.41, 5.74) is 2.43. The van der Waals surface area contributed by atoms with Crippen molar-refractivity contribution in [2.45, 2.75) is 8.42 Å². The van der Waals surface area contributed by atoms with E-state index in [1.807, 2.05) is 12.2 Å². The molecule has 0 aliphatic carbocycles. The van der Waals surface area contributed by atoms with Crippen LogP contribution in [-0.4, -0.2) is 0 Å². The van der Waals surface area contributed by atoms with Crippen LogP contribution in [0, 0.1) is 0 Å². The minimum Gasteiger partial charge on any atom is -0.136 e. The van der Waals surface area contributed by atoms with Crippen LogP contribution in [0.3, 0.4) is 0 Å². The van der Waals surface area contributed by atoms with Crippen LogP contribution in [0.1, 0.15) is 11.1 Å². The molecule has 3 heteroatoms. The summed E-state index contributed by atoms with van der Waals surface area (Å²) in [6.07, 6.45) is 3.81. The molecule has 0 bridgehead atoms. The molecule has 0 aliphatic rings. The molecule has 0 fully saturated rings. The van der Waals surface area contributed by atoms with E-state index in [-0.39, 0.29) is 0 Å². The first-order valence-corrected chi connectivity index (χ1v) is 7.00. The highest BCUT2D eigenvalue weighted by molar-refractivity contribution is 8.03. The van der Waals surface area contributed by atoms with E-state index >= 15 is 0 Å². The molecule has 2 aromatic heterocycles. The molecule has 2 heterocycles. The first kappa shape index (κ1) is 10.7. The predicted molar refractivity (Wildman–Crippen MR) is 72.9 cm³/mol. The van der Waals surface area contributed by atoms with Crippen LogP contribution >= 0.6 is 34.4 Å². The molecule has 0 saturated carbocycles. The van der Waals surface area contributed by atoms with E-state index in [2.05, 4.69) is 36.1 Å². The van der Waals surface area contributed by atoms with Crippen LogP contribution in [0.5, 0.6) is 0 Å². The summed E-state index contributed by atoms with van der Waals surface area (Å²) in [7, 11) is 0. The van der Waals surface area contributed by atoms with Gasteiger partial charge in [-0.15, -0.1) is 22.7 Å². The number of hydrogen-bond donors (Lipinski definition) is 0. The highest BCUT2D eigenvalue weighted by atomic mass is 32.2. The van der Waals surface area contributed by atoms with Gasteiger partial charge in [0.2, 0.25) is 0 Å². The summed E-state index contributed by atoms with van der Waals surface area (Å²) < 4.78 is 2.60. The van der Waals surface area contributed by atoms with Crippen molar-refractivity contribution in [1.29, 1.82) is 0 Å². The third-order valence-electron chi connectivity index (χ3n) is 1.94. The second-order valence-electron chi connectivity index (χ2n) is 2.84. The van der Waals surface area contributed by atoms with Gasteiger partial charge in [-0.05, 0) is 34.0 Å². The molecule has 0 aromatic carbocycles. The maximum absolute atomic E-state index is 3.81. The number of rotatable bonds is 4. The second kappa shape index (κ2) is 4.84. The van der Waals surface area contributed by atoms with Crippen LogP contribution in [0.15, 0.2) is 44.5 Å². The smallest absolute Gasteiger partial charge is 0.0726 e. The second-order valence-corrected chi connectivity index (χ2v) is 6.21. The Morgan fingerprint density at radius 2 is 1.40 bits per heavy atom. The first-order chi connectivity index (χ1) is 7.35. The van der Waals surface area contributed by atoms with Crippen molar-refractivity contribution in [2.75, 3.05) is 0 Å². The number of hydrogen-bond acceptors (Lipinski definition) is 3. The standard InChI is InChI=1S/C12H10S3/c1-3-9-5-7-13-11(9)15-12-10(4-2)6-8-14-12/h3-8H,1-2H2. The lowest BCUT2D eigenvalue weighted by Crippen LogP contribution is -1.70. The van der Waals surface area contributed by atoms with E-state index in [1.54, 1.807) is 34.4 Å². The van der Waals surface area contributed by atoms with Gasteiger partial charge in [0.05, 0.1) is 8.42 Å². The van der Waals surface area contributed by atoms with Gasteiger partial charge in [-0.1, -0.05) is 37.1 Å². The Morgan fingerprint density at radius 3 is 1.80 bits per heavy atom. The highest BCUT2D eigenvalue weighted by Crippen LogP contribution is 2.40. The van der Waals surface area contributed by atoms with Crippen molar-refractivity contribution in [3.8, 4) is 0 Å². The molecule has 0 saturated heterocycles. The molecule has 0 amide bonds. The molecule has 0 spiro atoms. The molecule has 0 aliphatic heterocycles. The Hall–Kier alpha value is -0.770. The molecule has 76 valence electrons. The number of thiophene rings is 2. The molecule has 0 radical (unpaired) electrons. The molecule has 15 heavy (non-hydrogen) atoms. The predicted octanol–water partition coefficient (Wildman–Crippen LogP) is 5.25. The summed E-state index contributed by atoms with van der Waals surface area (Å²) in [4.78, 5) is 0. The van der Waals surface area contributed by atoms with Crippen molar-refractivity contribution in [3.05, 3.63) is 47.2 Å². The van der Waals surface area contributed by atoms with Crippen LogP contribution in [-0.2, 0) is 0 Å². The van der Waals surface area contributed by atoms with Crippen molar-refractivity contribution in [2.24, 2.45) is 0 Å². The largest absolute Gasteiger partial charge is 0.136 e. The van der Waals surface area contributed by atoms with E-state index in [9.17, 15) is 0 Å². The summed E-state index contributed by atoms with van der Waals surface area (Å²) in [5, 5.41) is 4.20. The van der Waals surface area contributed by atoms with Crippen molar-refractivity contribution in [1.82, 2.24) is 0 Å². The van der Waals surface area contributed by atoms with Crippen LogP contribution in [0.4, 0.5) is 0 Å². The zero-order valence-corrected chi connectivity index (χ0v) is 10.6. The van der Waals surface area contributed by atoms with E-state index < -0.39 is 0 Å². The SMILES string of the molecule is C=Cc1ccsc1Sc1sccc1C=C. The molecule has 0 atom stereocenters. The summed E-state index contributed by atoms with van der Waals surface area (Å²) >= 11 is 5.31. The fourth-order valence-corrected chi connectivity index (χ4v) is 4.50. The molecule has 2 aromatic rings. The van der Waals surface area contributed by atoms with Crippen molar-refractivity contribution in [3.63, 3.8) is 0 Å². The molecule has 0 unspecified atom stereocenters. The normalized spacial score (nSPS) is 10.1. The van der Waals surface area contributed by atoms with Gasteiger partial charge >= 0.3 is 0 Å². The third kappa shape index (κ3) is 2.25. The van der Waals surface area contributed by atoms with E-state index in [0.717, 1.165) is 0 Å². The quantitative estimate of drug-likeness (QED) is 0.714. The molecule has 0 nitrogen and oxygen atoms in total.